The molecule has 0 saturated carbocycles. The van der Waals surface area contributed by atoms with Crippen LogP contribution < -0.4 is 33.6 Å². The van der Waals surface area contributed by atoms with Crippen molar-refractivity contribution in [2.24, 2.45) is 34.8 Å². The van der Waals surface area contributed by atoms with Crippen molar-refractivity contribution in [3.8, 4) is 0 Å². The number of nitrogens with one attached hydrogen (secondary N) is 2. The third-order valence-corrected chi connectivity index (χ3v) is 10.0. The van der Waals surface area contributed by atoms with E-state index in [1.54, 1.807) is 17.0 Å². The highest BCUT2D eigenvalue weighted by Crippen LogP contribution is 2.59. The first-order valence-corrected chi connectivity index (χ1v) is 16.7. The van der Waals surface area contributed by atoms with Gasteiger partial charge in [0.05, 0.1) is 41.4 Å². The first-order chi connectivity index (χ1) is 24.9. The van der Waals surface area contributed by atoms with Crippen molar-refractivity contribution in [2.45, 2.75) is 70.1 Å². The Balaban J connectivity index is 1.21. The summed E-state index contributed by atoms with van der Waals surface area (Å²) in [6.07, 6.45) is -2.58. The summed E-state index contributed by atoms with van der Waals surface area (Å²) in [7, 11) is 1.36. The number of nitrogens with two attached hydrogens (primary N) is 4. The van der Waals surface area contributed by atoms with E-state index in [2.05, 4.69) is 10.6 Å². The van der Waals surface area contributed by atoms with Gasteiger partial charge in [0, 0.05) is 43.3 Å². The number of piperazine rings is 1. The number of hydrogen-bond donors (Lipinski definition) is 6. The molecule has 0 bridgehead atoms. The molecule has 10 N–H and O–H groups in total. The molecular weight excluding hydrogens is 696 g/mol. The molecule has 2 fully saturated rings. The molecular formula is C34H42N8O11. The lowest BCUT2D eigenvalue weighted by atomic mass is 9.82. The first-order valence-electron chi connectivity index (χ1n) is 16.7. The van der Waals surface area contributed by atoms with E-state index >= 15 is 0 Å². The summed E-state index contributed by atoms with van der Waals surface area (Å²) in [5.41, 5.74) is 21.4. The normalized spacial score (nSPS) is 24.4. The van der Waals surface area contributed by atoms with E-state index < -0.39 is 102 Å². The van der Waals surface area contributed by atoms with Gasteiger partial charge in [-0.2, -0.15) is 0 Å². The van der Waals surface area contributed by atoms with Crippen LogP contribution in [0.25, 0.3) is 0 Å². The number of rotatable bonds is 14. The van der Waals surface area contributed by atoms with Crippen molar-refractivity contribution in [2.75, 3.05) is 25.6 Å². The van der Waals surface area contributed by atoms with Crippen molar-refractivity contribution in [3.05, 3.63) is 52.4 Å². The molecule has 5 rings (SSSR count). The predicted octanol–water partition coefficient (Wildman–Crippen LogP) is -1.36. The molecule has 1 aliphatic carbocycles. The van der Waals surface area contributed by atoms with E-state index in [4.69, 9.17) is 37.1 Å². The van der Waals surface area contributed by atoms with Gasteiger partial charge in [0.1, 0.15) is 19.3 Å². The summed E-state index contributed by atoms with van der Waals surface area (Å²) in [5.74, 6) is -5.64. The third kappa shape index (κ3) is 7.04. The van der Waals surface area contributed by atoms with Gasteiger partial charge in [0.2, 0.25) is 29.3 Å². The zero-order valence-corrected chi connectivity index (χ0v) is 29.5. The molecule has 1 unspecified atom stereocenters. The number of nitrogens with zero attached hydrogens (tertiary/aromatic N) is 2. The minimum absolute atomic E-state index is 0.0276. The highest BCUT2D eigenvalue weighted by atomic mass is 16.6. The Morgan fingerprint density at radius 1 is 0.981 bits per heavy atom. The molecule has 19 nitrogen and oxygen atoms in total. The molecule has 53 heavy (non-hydrogen) atoms. The predicted molar refractivity (Wildman–Crippen MR) is 182 cm³/mol. The van der Waals surface area contributed by atoms with Crippen LogP contribution in [0.2, 0.25) is 0 Å². The minimum atomic E-state index is -1.45. The van der Waals surface area contributed by atoms with Crippen LogP contribution in [-0.4, -0.2) is 107 Å². The molecule has 284 valence electrons. The van der Waals surface area contributed by atoms with Gasteiger partial charge in [0.25, 0.3) is 0 Å². The van der Waals surface area contributed by atoms with Crippen LogP contribution in [-0.2, 0) is 49.6 Å². The monoisotopic (exact) mass is 738 g/mol. The van der Waals surface area contributed by atoms with Gasteiger partial charge in [-0.15, -0.1) is 0 Å². The quantitative estimate of drug-likeness (QED) is 0.0949. The fourth-order valence-electron chi connectivity index (χ4n) is 7.22. The fraction of sp³-hybridized carbons (Fsp3) is 0.471. The number of primary amides is 2. The van der Waals surface area contributed by atoms with E-state index in [1.807, 2.05) is 0 Å². The summed E-state index contributed by atoms with van der Waals surface area (Å²) in [6, 6.07) is 3.32. The van der Waals surface area contributed by atoms with Crippen LogP contribution in [0, 0.1) is 11.8 Å². The van der Waals surface area contributed by atoms with Crippen LogP contribution in [0.5, 0.6) is 0 Å². The average molecular weight is 739 g/mol. The summed E-state index contributed by atoms with van der Waals surface area (Å²) in [4.78, 5) is 104. The molecule has 3 heterocycles. The minimum Gasteiger partial charge on any atom is -0.449 e. The van der Waals surface area contributed by atoms with Crippen molar-refractivity contribution >= 4 is 52.9 Å². The zero-order valence-electron chi connectivity index (χ0n) is 29.5. The summed E-state index contributed by atoms with van der Waals surface area (Å²) in [6.45, 7) is 3.89. The lowest BCUT2D eigenvalue weighted by molar-refractivity contribution is -0.144. The summed E-state index contributed by atoms with van der Waals surface area (Å²) in [5, 5.41) is 5.10. The summed E-state index contributed by atoms with van der Waals surface area (Å²) >= 11 is 0. The SMILES string of the molecule is CO[C@]12C3[C@H](CN1C1=C(C(=O)C(N)=C(C)C1=O)[C@H]2COC(N)=O)N3C(=O)OCc1ccc(NC(=O)[C@H](CC(N)=O)CC(=O)[C@H](C)NC(=O)[C@H](C)N)cc1. The van der Waals surface area contributed by atoms with Gasteiger partial charge in [-0.25, -0.2) is 9.59 Å². The molecule has 2 saturated heterocycles. The lowest BCUT2D eigenvalue weighted by Gasteiger charge is -2.40. The van der Waals surface area contributed by atoms with E-state index in [1.165, 1.54) is 44.9 Å². The smallest absolute Gasteiger partial charge is 0.410 e. The molecule has 19 heteroatoms. The van der Waals surface area contributed by atoms with E-state index in [0.717, 1.165) is 0 Å². The molecule has 0 radical (unpaired) electrons. The van der Waals surface area contributed by atoms with Crippen LogP contribution in [0.15, 0.2) is 46.8 Å². The molecule has 3 aliphatic heterocycles. The Labute approximate surface area is 303 Å². The molecule has 1 aromatic rings. The van der Waals surface area contributed by atoms with Crippen LogP contribution in [0.1, 0.15) is 39.2 Å². The Kier molecular flexibility index (Phi) is 10.6. The van der Waals surface area contributed by atoms with Gasteiger partial charge in [-0.1, -0.05) is 12.1 Å². The van der Waals surface area contributed by atoms with Crippen molar-refractivity contribution in [3.63, 3.8) is 0 Å². The van der Waals surface area contributed by atoms with Crippen molar-refractivity contribution in [1.29, 1.82) is 0 Å². The maximum Gasteiger partial charge on any atom is 0.410 e. The topological polar surface area (TPSA) is 299 Å². The van der Waals surface area contributed by atoms with Gasteiger partial charge in [-0.3, -0.25) is 33.7 Å². The van der Waals surface area contributed by atoms with Crippen molar-refractivity contribution < 1.29 is 52.6 Å². The average Bonchev–Trinajstić information content (AvgIpc) is 3.62. The number of Topliss-reactive ketones (excluding diaryl/α,β-unsaturated/α-hetero) is 3. The number of benzene rings is 1. The van der Waals surface area contributed by atoms with Crippen molar-refractivity contribution in [1.82, 2.24) is 15.1 Å². The highest BCUT2D eigenvalue weighted by molar-refractivity contribution is 6.25. The number of allylic oxidation sites excluding steroid dienone is 2. The first kappa shape index (κ1) is 38.4. The Morgan fingerprint density at radius 2 is 1.64 bits per heavy atom. The lowest BCUT2D eigenvalue weighted by Crippen LogP contribution is -2.56. The van der Waals surface area contributed by atoms with Gasteiger partial charge in [0.15, 0.2) is 11.5 Å². The molecule has 4 aliphatic rings. The van der Waals surface area contributed by atoms with E-state index in [0.29, 0.717) is 11.3 Å². The van der Waals surface area contributed by atoms with Crippen LogP contribution in [0.4, 0.5) is 15.3 Å². The second-order valence-electron chi connectivity index (χ2n) is 13.4. The zero-order chi connectivity index (χ0) is 39.1. The fourth-order valence-corrected chi connectivity index (χ4v) is 7.22. The number of fused-ring (bicyclic) bond motifs is 4. The Morgan fingerprint density at radius 3 is 2.23 bits per heavy atom. The Bertz CT molecular complexity index is 1840. The number of amides is 5. The number of hydrogen-bond acceptors (Lipinski definition) is 14. The van der Waals surface area contributed by atoms with Gasteiger partial charge < -0.3 is 52.7 Å². The van der Waals surface area contributed by atoms with Gasteiger partial charge in [-0.05, 0) is 38.5 Å². The molecule has 1 aromatic carbocycles. The second-order valence-corrected chi connectivity index (χ2v) is 13.4. The highest BCUT2D eigenvalue weighted by Gasteiger charge is 2.78. The van der Waals surface area contributed by atoms with Crippen LogP contribution in [0.3, 0.4) is 0 Å². The standard InChI is InChI=1S/C34H42N8O11/c1-14-25(37)28(46)24-20(13-52-32(38)49)34(51-4)29-21(11-41(34)26(24)27(14)45)42(29)33(50)53-12-17-5-7-19(8-6-17)40-31(48)18(10-23(36)44)9-22(43)16(3)39-30(47)15(2)35/h5-8,15-16,18,20-21,29H,9-13,35,37H2,1-4H3,(H2,36,44)(H2,38,49)(H,39,47)(H,40,48)/t15-,16-,18-,20+,21-,29?,34+,42?/m0/s1. The molecule has 0 aromatic heterocycles. The maximum atomic E-state index is 13.4. The largest absolute Gasteiger partial charge is 0.449 e. The summed E-state index contributed by atoms with van der Waals surface area (Å²) < 4.78 is 16.7. The number of methoxy groups -OCH3 is 1. The Hall–Kier alpha value is -5.82. The maximum absolute atomic E-state index is 13.4. The number of ketones is 3. The number of carbonyl (C=O) groups is 8. The van der Waals surface area contributed by atoms with E-state index in [9.17, 15) is 38.4 Å². The number of ether oxygens (including phenoxy) is 3. The van der Waals surface area contributed by atoms with Gasteiger partial charge >= 0.3 is 12.2 Å². The number of anilines is 1. The second kappa shape index (κ2) is 14.7. The molecule has 7 atom stereocenters. The molecule has 5 amide bonds. The van der Waals surface area contributed by atoms with E-state index in [-0.39, 0.29) is 42.1 Å². The third-order valence-electron chi connectivity index (χ3n) is 10.0. The molecule has 0 spiro atoms. The van der Waals surface area contributed by atoms with Crippen LogP contribution >= 0.6 is 0 Å². The number of carbonyl (C=O) groups excluding carboxylic acids is 8.